The summed E-state index contributed by atoms with van der Waals surface area (Å²) in [6, 6.07) is 3.13. The summed E-state index contributed by atoms with van der Waals surface area (Å²) in [4.78, 5) is 5.51. The standard InChI is InChI=1S/C13H17N3O3S2/c1-2-14-8-9-6-7-12(19-9)21(17,18)16-13-15-10-4-3-5-11(10)20-13/h6-7,14H,2-5,8H2,1H3,(H,15,16). The van der Waals surface area contributed by atoms with E-state index in [1.807, 2.05) is 6.92 Å². The lowest BCUT2D eigenvalue weighted by molar-refractivity contribution is 0.405. The normalized spacial score (nSPS) is 14.3. The highest BCUT2D eigenvalue weighted by molar-refractivity contribution is 7.92. The van der Waals surface area contributed by atoms with Crippen molar-refractivity contribution in [3.8, 4) is 0 Å². The summed E-state index contributed by atoms with van der Waals surface area (Å²) in [6.45, 7) is 3.28. The van der Waals surface area contributed by atoms with Crippen molar-refractivity contribution in [3.05, 3.63) is 28.5 Å². The van der Waals surface area contributed by atoms with Gasteiger partial charge in [0.2, 0.25) is 5.09 Å². The number of rotatable bonds is 6. The summed E-state index contributed by atoms with van der Waals surface area (Å²) in [6.07, 6.45) is 3.02. The number of hydrogen-bond donors (Lipinski definition) is 2. The molecule has 2 aromatic heterocycles. The van der Waals surface area contributed by atoms with Crippen LogP contribution in [-0.4, -0.2) is 19.9 Å². The monoisotopic (exact) mass is 327 g/mol. The second-order valence-corrected chi connectivity index (χ2v) is 7.55. The number of aryl methyl sites for hydroxylation is 2. The number of hydrogen-bond acceptors (Lipinski definition) is 6. The number of thiazole rings is 1. The molecule has 0 radical (unpaired) electrons. The second-order valence-electron chi connectivity index (χ2n) is 4.85. The van der Waals surface area contributed by atoms with Gasteiger partial charge >= 0.3 is 0 Å². The van der Waals surface area contributed by atoms with E-state index in [4.69, 9.17) is 4.42 Å². The third kappa shape index (κ3) is 3.12. The minimum absolute atomic E-state index is 0.0780. The van der Waals surface area contributed by atoms with E-state index in [1.165, 1.54) is 22.3 Å². The first-order chi connectivity index (χ1) is 10.1. The topological polar surface area (TPSA) is 84.2 Å². The summed E-state index contributed by atoms with van der Waals surface area (Å²) in [7, 11) is -3.70. The van der Waals surface area contributed by atoms with E-state index in [9.17, 15) is 8.42 Å². The molecule has 0 spiro atoms. The number of furan rings is 1. The average molecular weight is 327 g/mol. The molecular formula is C13H17N3O3S2. The van der Waals surface area contributed by atoms with E-state index in [0.717, 1.165) is 31.5 Å². The van der Waals surface area contributed by atoms with Crippen molar-refractivity contribution >= 4 is 26.5 Å². The number of aromatic nitrogens is 1. The van der Waals surface area contributed by atoms with Gasteiger partial charge in [0.15, 0.2) is 5.13 Å². The average Bonchev–Trinajstić information content (AvgIpc) is 3.10. The van der Waals surface area contributed by atoms with Crippen LogP contribution in [0.25, 0.3) is 0 Å². The van der Waals surface area contributed by atoms with E-state index >= 15 is 0 Å². The Bertz CT molecular complexity index is 712. The Balaban J connectivity index is 1.75. The van der Waals surface area contributed by atoms with Gasteiger partial charge in [-0.1, -0.05) is 6.92 Å². The Kier molecular flexibility index (Phi) is 4.01. The van der Waals surface area contributed by atoms with Crippen LogP contribution in [-0.2, 0) is 29.4 Å². The number of anilines is 1. The van der Waals surface area contributed by atoms with Crippen LogP contribution in [0.5, 0.6) is 0 Å². The predicted molar refractivity (Wildman–Crippen MR) is 81.0 cm³/mol. The van der Waals surface area contributed by atoms with Crippen molar-refractivity contribution in [2.75, 3.05) is 11.3 Å². The zero-order valence-electron chi connectivity index (χ0n) is 11.7. The van der Waals surface area contributed by atoms with Crippen LogP contribution in [0.2, 0.25) is 0 Å². The van der Waals surface area contributed by atoms with Gasteiger partial charge in [-0.05, 0) is 37.9 Å². The molecular weight excluding hydrogens is 310 g/mol. The molecule has 8 heteroatoms. The molecule has 0 bridgehead atoms. The fraction of sp³-hybridized carbons (Fsp3) is 0.462. The highest BCUT2D eigenvalue weighted by Crippen LogP contribution is 2.31. The molecule has 1 aliphatic rings. The lowest BCUT2D eigenvalue weighted by atomic mass is 10.4. The molecule has 0 atom stereocenters. The highest BCUT2D eigenvalue weighted by atomic mass is 32.2. The van der Waals surface area contributed by atoms with Crippen molar-refractivity contribution in [1.29, 1.82) is 0 Å². The molecule has 114 valence electrons. The molecule has 0 saturated heterocycles. The van der Waals surface area contributed by atoms with E-state index in [-0.39, 0.29) is 5.09 Å². The van der Waals surface area contributed by atoms with E-state index in [1.54, 1.807) is 6.07 Å². The first kappa shape index (κ1) is 14.6. The van der Waals surface area contributed by atoms with Gasteiger partial charge in [0.05, 0.1) is 12.2 Å². The van der Waals surface area contributed by atoms with Crippen molar-refractivity contribution in [3.63, 3.8) is 0 Å². The maximum atomic E-state index is 12.3. The molecule has 1 aliphatic carbocycles. The quantitative estimate of drug-likeness (QED) is 0.849. The predicted octanol–water partition coefficient (Wildman–Crippen LogP) is 2.14. The Morgan fingerprint density at radius 1 is 1.38 bits per heavy atom. The SMILES string of the molecule is CCNCc1ccc(S(=O)(=O)Nc2nc3c(s2)CCC3)o1. The molecule has 2 heterocycles. The van der Waals surface area contributed by atoms with Gasteiger partial charge in [0.1, 0.15) is 5.76 Å². The highest BCUT2D eigenvalue weighted by Gasteiger charge is 2.23. The van der Waals surface area contributed by atoms with Crippen LogP contribution in [0, 0.1) is 0 Å². The molecule has 0 saturated carbocycles. The third-order valence-electron chi connectivity index (χ3n) is 3.27. The molecule has 0 fully saturated rings. The van der Waals surface area contributed by atoms with Gasteiger partial charge in [-0.3, -0.25) is 4.72 Å². The molecule has 21 heavy (non-hydrogen) atoms. The van der Waals surface area contributed by atoms with Crippen molar-refractivity contribution in [1.82, 2.24) is 10.3 Å². The van der Waals surface area contributed by atoms with Crippen LogP contribution in [0.1, 0.15) is 29.7 Å². The summed E-state index contributed by atoms with van der Waals surface area (Å²) >= 11 is 1.41. The summed E-state index contributed by atoms with van der Waals surface area (Å²) in [5.74, 6) is 0.596. The largest absolute Gasteiger partial charge is 0.446 e. The van der Waals surface area contributed by atoms with E-state index < -0.39 is 10.0 Å². The molecule has 6 nitrogen and oxygen atoms in total. The minimum atomic E-state index is -3.70. The zero-order chi connectivity index (χ0) is 14.9. The maximum absolute atomic E-state index is 12.3. The van der Waals surface area contributed by atoms with Crippen LogP contribution in [0.15, 0.2) is 21.6 Å². The Morgan fingerprint density at radius 2 is 2.24 bits per heavy atom. The van der Waals surface area contributed by atoms with Crippen molar-refractivity contribution < 1.29 is 12.8 Å². The molecule has 0 amide bonds. The van der Waals surface area contributed by atoms with Crippen LogP contribution < -0.4 is 10.0 Å². The van der Waals surface area contributed by atoms with Crippen LogP contribution in [0.4, 0.5) is 5.13 Å². The van der Waals surface area contributed by atoms with Crippen LogP contribution in [0.3, 0.4) is 0 Å². The molecule has 2 aromatic rings. The smallest absolute Gasteiger partial charge is 0.297 e. The van der Waals surface area contributed by atoms with E-state index in [0.29, 0.717) is 17.4 Å². The van der Waals surface area contributed by atoms with Crippen molar-refractivity contribution in [2.24, 2.45) is 0 Å². The lowest BCUT2D eigenvalue weighted by Crippen LogP contribution is -2.13. The lowest BCUT2D eigenvalue weighted by Gasteiger charge is -2.02. The first-order valence-electron chi connectivity index (χ1n) is 6.89. The van der Waals surface area contributed by atoms with Gasteiger partial charge in [0, 0.05) is 4.88 Å². The van der Waals surface area contributed by atoms with Gasteiger partial charge in [-0.2, -0.15) is 8.42 Å². The minimum Gasteiger partial charge on any atom is -0.446 e. The molecule has 0 unspecified atom stereocenters. The second kappa shape index (κ2) is 5.78. The first-order valence-corrected chi connectivity index (χ1v) is 9.19. The van der Waals surface area contributed by atoms with Gasteiger partial charge in [-0.25, -0.2) is 4.98 Å². The fourth-order valence-electron chi connectivity index (χ4n) is 2.25. The maximum Gasteiger partial charge on any atom is 0.297 e. The Labute approximate surface area is 127 Å². The number of nitrogens with one attached hydrogen (secondary N) is 2. The third-order valence-corrected chi connectivity index (χ3v) is 5.68. The molecule has 3 rings (SSSR count). The van der Waals surface area contributed by atoms with Gasteiger partial charge in [-0.15, -0.1) is 11.3 Å². The van der Waals surface area contributed by atoms with Crippen LogP contribution >= 0.6 is 11.3 Å². The Morgan fingerprint density at radius 3 is 3.00 bits per heavy atom. The number of nitrogens with zero attached hydrogens (tertiary/aromatic N) is 1. The summed E-state index contributed by atoms with van der Waals surface area (Å²) < 4.78 is 32.4. The van der Waals surface area contributed by atoms with E-state index in [2.05, 4.69) is 15.0 Å². The van der Waals surface area contributed by atoms with Gasteiger partial charge < -0.3 is 9.73 Å². The number of fused-ring (bicyclic) bond motifs is 1. The summed E-state index contributed by atoms with van der Waals surface area (Å²) in [5.41, 5.74) is 1.02. The zero-order valence-corrected chi connectivity index (χ0v) is 13.3. The fourth-order valence-corrected chi connectivity index (χ4v) is 4.48. The Hall–Kier alpha value is -1.38. The molecule has 0 aliphatic heterocycles. The molecule has 0 aromatic carbocycles. The molecule has 2 N–H and O–H groups in total. The number of sulfonamides is 1. The van der Waals surface area contributed by atoms with Gasteiger partial charge in [0.25, 0.3) is 10.0 Å². The van der Waals surface area contributed by atoms with Crippen molar-refractivity contribution in [2.45, 2.75) is 37.8 Å². The summed E-state index contributed by atoms with van der Waals surface area (Å²) in [5, 5.41) is 3.43.